The molecule has 3 rings (SSSR count). The van der Waals surface area contributed by atoms with Crippen LogP contribution < -0.4 is 5.32 Å². The first-order valence-corrected chi connectivity index (χ1v) is 10.6. The molecule has 3 N–H and O–H groups in total. The summed E-state index contributed by atoms with van der Waals surface area (Å²) < 4.78 is 10.4. The number of carbonyl (C=O) groups excluding carboxylic acids is 2. The average molecular weight is 389 g/mol. The molecule has 2 heterocycles. The van der Waals surface area contributed by atoms with E-state index in [0.717, 1.165) is 5.56 Å². The molecule has 2 amide bonds. The van der Waals surface area contributed by atoms with E-state index in [1.54, 1.807) is 0 Å². The van der Waals surface area contributed by atoms with E-state index in [0.29, 0.717) is 5.32 Å². The Morgan fingerprint density at radius 1 is 1.36 bits per heavy atom. The van der Waals surface area contributed by atoms with Crippen LogP contribution in [0.3, 0.4) is 0 Å². The quantitative estimate of drug-likeness (QED) is 0.367. The number of rotatable bonds is 4. The number of nitrogens with one attached hydrogen (secondary N) is 1. The number of amides is 2. The van der Waals surface area contributed by atoms with Crippen molar-refractivity contribution >= 4 is 34.4 Å². The van der Waals surface area contributed by atoms with Crippen LogP contribution in [0.15, 0.2) is 30.3 Å². The molecule has 0 aliphatic carbocycles. The predicted molar refractivity (Wildman–Crippen MR) is 79.1 cm³/mol. The van der Waals surface area contributed by atoms with Crippen molar-refractivity contribution in [3.63, 3.8) is 0 Å². The fraction of sp³-hybridized carbons (Fsp3) is 0.385. The summed E-state index contributed by atoms with van der Waals surface area (Å²) in [5, 5.41) is 3.25. The number of nitrogens with zero attached hydrogens (tertiary/aromatic N) is 1. The van der Waals surface area contributed by atoms with Crippen molar-refractivity contribution in [2.24, 2.45) is 0 Å². The van der Waals surface area contributed by atoms with Crippen molar-refractivity contribution in [2.45, 2.75) is 28.5 Å². The van der Waals surface area contributed by atoms with Crippen molar-refractivity contribution in [2.75, 3.05) is 0 Å². The molecule has 2 saturated heterocycles. The van der Waals surface area contributed by atoms with Crippen LogP contribution in [-0.2, 0) is 20.6 Å². The second-order valence-corrected chi connectivity index (χ2v) is 10.1. The first-order chi connectivity index (χ1) is 10.4. The average Bonchev–Trinajstić information content (AvgIpc) is 2.86. The van der Waals surface area contributed by atoms with E-state index < -0.39 is 18.3 Å². The second-order valence-electron chi connectivity index (χ2n) is 5.27. The van der Waals surface area contributed by atoms with E-state index in [2.05, 4.69) is 5.32 Å². The minimum absolute atomic E-state index is 0.185. The van der Waals surface area contributed by atoms with Gasteiger partial charge in [0.2, 0.25) is 0 Å². The summed E-state index contributed by atoms with van der Waals surface area (Å²) in [6.07, 6.45) is 0.185. The zero-order chi connectivity index (χ0) is 15.9. The Balaban J connectivity index is 1.61. The zero-order valence-electron chi connectivity index (χ0n) is 11.5. The first kappa shape index (κ1) is 15.7. The van der Waals surface area contributed by atoms with Crippen LogP contribution in [0.1, 0.15) is 5.56 Å². The van der Waals surface area contributed by atoms with Crippen molar-refractivity contribution < 1.29 is 23.9 Å². The molecular formula is C13H15N2O5PSe. The monoisotopic (exact) mass is 390 g/mol. The Kier molecular flexibility index (Phi) is 4.14. The summed E-state index contributed by atoms with van der Waals surface area (Å²) in [6, 6.07) is 8.27. The number of carbonyl (C=O) groups is 2. The van der Waals surface area contributed by atoms with Gasteiger partial charge >= 0.3 is 133 Å². The van der Waals surface area contributed by atoms with Crippen molar-refractivity contribution in [3.05, 3.63) is 35.9 Å². The normalized spacial score (nSPS) is 27.3. The van der Waals surface area contributed by atoms with Crippen LogP contribution in [0.4, 0.5) is 0 Å². The molecule has 9 heteroatoms. The third-order valence-electron chi connectivity index (χ3n) is 3.73. The van der Waals surface area contributed by atoms with Crippen LogP contribution in [0.5, 0.6) is 0 Å². The molecule has 1 aromatic carbocycles. The molecule has 0 saturated carbocycles. The number of hydrogen-bond acceptors (Lipinski definition) is 3. The van der Waals surface area contributed by atoms with E-state index >= 15 is 0 Å². The van der Waals surface area contributed by atoms with Crippen LogP contribution >= 0.6 is 7.60 Å². The number of fused-ring (bicyclic) bond motifs is 1. The Morgan fingerprint density at radius 3 is 2.68 bits per heavy atom. The Hall–Kier alpha value is -1.17. The summed E-state index contributed by atoms with van der Waals surface area (Å²) in [5.41, 5.74) is 0.854. The van der Waals surface area contributed by atoms with Crippen LogP contribution in [0.2, 0.25) is 5.32 Å². The van der Waals surface area contributed by atoms with Crippen LogP contribution in [0.25, 0.3) is 0 Å². The van der Waals surface area contributed by atoms with Gasteiger partial charge in [0.15, 0.2) is 0 Å². The van der Waals surface area contributed by atoms with E-state index in [1.165, 1.54) is 4.90 Å². The third-order valence-corrected chi connectivity index (χ3v) is 9.28. The van der Waals surface area contributed by atoms with E-state index in [9.17, 15) is 23.9 Å². The molecule has 2 aliphatic rings. The van der Waals surface area contributed by atoms with Gasteiger partial charge in [0.1, 0.15) is 0 Å². The fourth-order valence-electron chi connectivity index (χ4n) is 2.70. The van der Waals surface area contributed by atoms with Gasteiger partial charge in [-0.2, -0.15) is 0 Å². The molecule has 0 bridgehead atoms. The van der Waals surface area contributed by atoms with Crippen molar-refractivity contribution in [1.82, 2.24) is 10.2 Å². The summed E-state index contributed by atoms with van der Waals surface area (Å²) >= 11 is -0.321. The molecule has 2 fully saturated rings. The standard InChI is InChI=1S/C13H15N2O5PSe/c16-10(6-8-4-2-1-3-5-8)14-11-9-7-22-13(21(18,19)20)15(9)12(11)17/h1-5,9,11,13H,6-7H2,(H,14,16)(H2,18,19,20)/t9-,11+,13?/m1/s1. The van der Waals surface area contributed by atoms with Gasteiger partial charge in [0, 0.05) is 0 Å². The topological polar surface area (TPSA) is 107 Å². The summed E-state index contributed by atoms with van der Waals surface area (Å²) in [4.78, 5) is 43.9. The molecule has 118 valence electrons. The minimum atomic E-state index is -4.29. The molecular weight excluding hydrogens is 374 g/mol. The number of hydrogen-bond donors (Lipinski definition) is 3. The van der Waals surface area contributed by atoms with Gasteiger partial charge in [-0.25, -0.2) is 0 Å². The van der Waals surface area contributed by atoms with Gasteiger partial charge in [-0.15, -0.1) is 0 Å². The second kappa shape index (κ2) is 5.80. The molecule has 7 nitrogen and oxygen atoms in total. The van der Waals surface area contributed by atoms with Gasteiger partial charge in [-0.3, -0.25) is 0 Å². The van der Waals surface area contributed by atoms with E-state index in [1.807, 2.05) is 30.3 Å². The molecule has 1 aromatic rings. The van der Waals surface area contributed by atoms with Gasteiger partial charge in [0.05, 0.1) is 0 Å². The van der Waals surface area contributed by atoms with Gasteiger partial charge < -0.3 is 0 Å². The Labute approximate surface area is 133 Å². The van der Waals surface area contributed by atoms with Crippen molar-refractivity contribution in [3.8, 4) is 0 Å². The predicted octanol–water partition coefficient (Wildman–Crippen LogP) is -0.478. The van der Waals surface area contributed by atoms with Gasteiger partial charge in [-0.05, 0) is 0 Å². The van der Waals surface area contributed by atoms with Gasteiger partial charge in [0.25, 0.3) is 0 Å². The third kappa shape index (κ3) is 2.85. The maximum atomic E-state index is 12.1. The molecule has 3 atom stereocenters. The molecule has 0 spiro atoms. The van der Waals surface area contributed by atoms with Gasteiger partial charge in [-0.1, -0.05) is 0 Å². The van der Waals surface area contributed by atoms with E-state index in [-0.39, 0.29) is 39.2 Å². The Morgan fingerprint density at radius 2 is 2.05 bits per heavy atom. The molecule has 0 radical (unpaired) electrons. The molecule has 22 heavy (non-hydrogen) atoms. The molecule has 0 aromatic heterocycles. The summed E-state index contributed by atoms with van der Waals surface area (Å²) in [5.74, 6) is -0.643. The molecule has 2 aliphatic heterocycles. The van der Waals surface area contributed by atoms with Crippen LogP contribution in [-0.4, -0.2) is 58.2 Å². The summed E-state index contributed by atoms with van der Waals surface area (Å²) in [6.45, 7) is 0. The van der Waals surface area contributed by atoms with Crippen LogP contribution in [0, 0.1) is 0 Å². The maximum absolute atomic E-state index is 12.1. The van der Waals surface area contributed by atoms with E-state index in [4.69, 9.17) is 0 Å². The van der Waals surface area contributed by atoms with Crippen molar-refractivity contribution in [1.29, 1.82) is 0 Å². The number of benzene rings is 1. The molecule has 1 unspecified atom stereocenters. The Bertz CT molecular complexity index is 649. The SMILES string of the molecule is O=C(Cc1ccccc1)N[C@@H]1C(=O)N2C(P(=O)(O)O)[Se]C[C@H]12. The number of β-lactam (4-membered cyclic amide) rings is 1. The first-order valence-electron chi connectivity index (χ1n) is 6.70. The summed E-state index contributed by atoms with van der Waals surface area (Å²) in [7, 11) is -4.29. The zero-order valence-corrected chi connectivity index (χ0v) is 14.1. The fourth-order valence-corrected chi connectivity index (χ4v) is 7.58.